The van der Waals surface area contributed by atoms with Crippen molar-refractivity contribution >= 4 is 23.2 Å². The average molecular weight is 689 g/mol. The third-order valence-corrected chi connectivity index (χ3v) is 9.86. The molecule has 2 amide bonds. The lowest BCUT2D eigenvalue weighted by Gasteiger charge is -2.19. The number of amides is 2. The molecule has 0 fully saturated rings. The summed E-state index contributed by atoms with van der Waals surface area (Å²) < 4.78 is 52.5. The van der Waals surface area contributed by atoms with E-state index in [0.717, 1.165) is 42.5 Å². The van der Waals surface area contributed by atoms with Gasteiger partial charge in [-0.2, -0.15) is 0 Å². The molecule has 0 spiro atoms. The molecular weight excluding hydrogens is 644 g/mol. The largest absolute Gasteiger partial charge is 0.322 e. The number of aromatic nitrogens is 2. The highest BCUT2D eigenvalue weighted by atomic mass is 19.3. The highest BCUT2D eigenvalue weighted by Gasteiger charge is 2.38. The van der Waals surface area contributed by atoms with Crippen molar-refractivity contribution in [3.63, 3.8) is 0 Å². The van der Waals surface area contributed by atoms with Gasteiger partial charge >= 0.3 is 0 Å². The summed E-state index contributed by atoms with van der Waals surface area (Å²) in [7, 11) is 0. The Kier molecular flexibility index (Phi) is 10.8. The third-order valence-electron chi connectivity index (χ3n) is 9.86. The van der Waals surface area contributed by atoms with Gasteiger partial charge in [-0.25, -0.2) is 17.6 Å². The molecule has 0 radical (unpaired) electrons. The molecule has 0 saturated heterocycles. The Hall–Kier alpha value is -4.60. The maximum atomic E-state index is 13.2. The van der Waals surface area contributed by atoms with E-state index in [9.17, 15) is 27.2 Å². The molecule has 1 unspecified atom stereocenters. The smallest absolute Gasteiger partial charge is 0.281 e. The number of nitrogens with zero attached hydrogens (tertiary/aromatic N) is 2. The van der Waals surface area contributed by atoms with Crippen molar-refractivity contribution in [1.29, 1.82) is 0 Å². The van der Waals surface area contributed by atoms with E-state index in [4.69, 9.17) is 0 Å². The molecule has 6 nitrogen and oxygen atoms in total. The Bertz CT molecular complexity index is 1870. The molecule has 2 heterocycles. The van der Waals surface area contributed by atoms with Gasteiger partial charge in [0.1, 0.15) is 11.4 Å². The first-order valence-corrected chi connectivity index (χ1v) is 17.0. The molecule has 0 saturated carbocycles. The number of fused-ring (bicyclic) bond motifs is 2. The zero-order valence-corrected chi connectivity index (χ0v) is 29.3. The number of hydrogen-bond acceptors (Lipinski definition) is 4. The monoisotopic (exact) mass is 688 g/mol. The zero-order chi connectivity index (χ0) is 36.4. The van der Waals surface area contributed by atoms with E-state index in [-0.39, 0.29) is 22.0 Å². The van der Waals surface area contributed by atoms with Crippen LogP contribution in [0.2, 0.25) is 0 Å². The van der Waals surface area contributed by atoms with Gasteiger partial charge in [-0.1, -0.05) is 72.2 Å². The summed E-state index contributed by atoms with van der Waals surface area (Å²) in [6.45, 7) is 13.1. The highest BCUT2D eigenvalue weighted by Crippen LogP contribution is 2.51. The summed E-state index contributed by atoms with van der Waals surface area (Å²) in [5.41, 5.74) is 5.03. The van der Waals surface area contributed by atoms with Gasteiger partial charge in [0.25, 0.3) is 24.7 Å². The molecule has 50 heavy (non-hydrogen) atoms. The molecule has 2 aliphatic rings. The van der Waals surface area contributed by atoms with E-state index < -0.39 is 36.1 Å². The van der Waals surface area contributed by atoms with Gasteiger partial charge < -0.3 is 10.6 Å². The molecule has 4 aromatic rings. The molecule has 0 bridgehead atoms. The summed E-state index contributed by atoms with van der Waals surface area (Å²) in [6.07, 6.45) is 1.08. The Morgan fingerprint density at radius 2 is 1.18 bits per heavy atom. The normalized spacial score (nSPS) is 18.2. The van der Waals surface area contributed by atoms with Crippen LogP contribution in [0.3, 0.4) is 0 Å². The van der Waals surface area contributed by atoms with Crippen LogP contribution >= 0.6 is 0 Å². The number of pyridine rings is 2. The van der Waals surface area contributed by atoms with Gasteiger partial charge in [0.2, 0.25) is 0 Å². The quantitative estimate of drug-likeness (QED) is 0.181. The van der Waals surface area contributed by atoms with Crippen LogP contribution in [0, 0.1) is 0 Å². The first-order chi connectivity index (χ1) is 23.7. The number of benzene rings is 2. The number of rotatable bonds is 8. The van der Waals surface area contributed by atoms with Gasteiger partial charge in [0.05, 0.1) is 11.1 Å². The summed E-state index contributed by atoms with van der Waals surface area (Å²) >= 11 is 0. The molecule has 264 valence electrons. The molecule has 2 aromatic heterocycles. The van der Waals surface area contributed by atoms with Crippen molar-refractivity contribution < 1.29 is 27.2 Å². The predicted molar refractivity (Wildman–Crippen MR) is 189 cm³/mol. The fourth-order valence-corrected chi connectivity index (χ4v) is 7.85. The molecule has 2 aliphatic carbocycles. The second-order valence-corrected chi connectivity index (χ2v) is 14.5. The van der Waals surface area contributed by atoms with Crippen molar-refractivity contribution in [1.82, 2.24) is 9.97 Å². The summed E-state index contributed by atoms with van der Waals surface area (Å²) in [4.78, 5) is 32.5. The van der Waals surface area contributed by atoms with E-state index in [1.54, 1.807) is 0 Å². The highest BCUT2D eigenvalue weighted by molar-refractivity contribution is 6.06. The van der Waals surface area contributed by atoms with Crippen LogP contribution in [0.5, 0.6) is 0 Å². The van der Waals surface area contributed by atoms with Crippen LogP contribution < -0.4 is 10.6 Å². The second-order valence-electron chi connectivity index (χ2n) is 14.5. The number of carbonyl (C=O) groups excluding carboxylic acids is 2. The molecule has 2 aromatic carbocycles. The maximum absolute atomic E-state index is 13.2. The standard InChI is InChI=1S/C21H24F2N2O.C19H20F2N2O/c1-4-7-13-12-21(2,3)15-9-5-10-16(17(13)15)25-20(26)14-8-6-11-24-18(14)19(22)23;1-11-10-19(2,3)13-7-4-8-14(15(11)13)23-18(24)12-6-5-9-22-16(12)17(20)21/h5-6,8-11,13,19H,4,7,12H2,1-3H3,(H,25,26);4-9,11,17H,10H2,1-3H3,(H,23,24)/t13-;/m1./s1. The minimum absolute atomic E-state index is 0.0396. The first-order valence-electron chi connectivity index (χ1n) is 17.0. The second kappa shape index (κ2) is 14.7. The van der Waals surface area contributed by atoms with Crippen LogP contribution in [0.15, 0.2) is 73.1 Å². The molecule has 6 rings (SSSR count). The number of hydrogen-bond donors (Lipinski definition) is 2. The summed E-state index contributed by atoms with van der Waals surface area (Å²) in [6, 6.07) is 17.4. The van der Waals surface area contributed by atoms with E-state index in [1.165, 1.54) is 47.8 Å². The lowest BCUT2D eigenvalue weighted by Crippen LogP contribution is -2.17. The van der Waals surface area contributed by atoms with Crippen LogP contribution in [0.4, 0.5) is 28.9 Å². The Morgan fingerprint density at radius 1 is 0.720 bits per heavy atom. The molecule has 0 aliphatic heterocycles. The summed E-state index contributed by atoms with van der Waals surface area (Å²) in [5, 5.41) is 5.68. The van der Waals surface area contributed by atoms with Crippen LogP contribution in [-0.4, -0.2) is 21.8 Å². The number of halogens is 4. The number of carbonyl (C=O) groups is 2. The van der Waals surface area contributed by atoms with Gasteiger partial charge in [-0.15, -0.1) is 0 Å². The van der Waals surface area contributed by atoms with Gasteiger partial charge in [-0.05, 0) is 101 Å². The number of anilines is 2. The minimum Gasteiger partial charge on any atom is -0.322 e. The SMILES string of the molecule is CC1CC(C)(C)c2cccc(NC(=O)c3cccnc3C(F)F)c21.CCC[C@@H]1CC(C)(C)c2cccc(NC(=O)c3cccnc3C(F)F)c21. The average Bonchev–Trinajstić information content (AvgIpc) is 3.48. The Balaban J connectivity index is 0.000000195. The van der Waals surface area contributed by atoms with Crippen molar-refractivity contribution in [2.24, 2.45) is 0 Å². The summed E-state index contributed by atoms with van der Waals surface area (Å²) in [5.74, 6) is -0.426. The fraction of sp³-hybridized carbons (Fsp3) is 0.400. The topological polar surface area (TPSA) is 84.0 Å². The first kappa shape index (κ1) is 36.7. The minimum atomic E-state index is -2.79. The predicted octanol–water partition coefficient (Wildman–Crippen LogP) is 10.9. The Labute approximate surface area is 291 Å². The van der Waals surface area contributed by atoms with E-state index in [2.05, 4.69) is 74.3 Å². The number of alkyl halides is 4. The van der Waals surface area contributed by atoms with Crippen molar-refractivity contribution in [3.05, 3.63) is 118 Å². The molecule has 2 N–H and O–H groups in total. The van der Waals surface area contributed by atoms with Crippen LogP contribution in [0.25, 0.3) is 0 Å². The van der Waals surface area contributed by atoms with Crippen LogP contribution in [0.1, 0.15) is 146 Å². The lowest BCUT2D eigenvalue weighted by molar-refractivity contribution is 0.0999. The molecular formula is C40H44F4N4O2. The van der Waals surface area contributed by atoms with E-state index in [1.807, 2.05) is 24.3 Å². The van der Waals surface area contributed by atoms with Crippen molar-refractivity contribution in [2.75, 3.05) is 10.6 Å². The molecule has 2 atom stereocenters. The third kappa shape index (κ3) is 7.44. The van der Waals surface area contributed by atoms with E-state index >= 15 is 0 Å². The molecule has 10 heteroatoms. The van der Waals surface area contributed by atoms with Gasteiger partial charge in [-0.3, -0.25) is 19.6 Å². The number of nitrogens with one attached hydrogen (secondary N) is 2. The maximum Gasteiger partial charge on any atom is 0.281 e. The van der Waals surface area contributed by atoms with Crippen molar-refractivity contribution in [2.45, 2.75) is 103 Å². The Morgan fingerprint density at radius 3 is 1.66 bits per heavy atom. The van der Waals surface area contributed by atoms with Gasteiger partial charge in [0, 0.05) is 23.8 Å². The van der Waals surface area contributed by atoms with Crippen LogP contribution in [-0.2, 0) is 10.8 Å². The fourth-order valence-electron chi connectivity index (χ4n) is 7.85. The van der Waals surface area contributed by atoms with Gasteiger partial charge in [0.15, 0.2) is 0 Å². The zero-order valence-electron chi connectivity index (χ0n) is 29.3. The van der Waals surface area contributed by atoms with Crippen molar-refractivity contribution in [3.8, 4) is 0 Å². The lowest BCUT2D eigenvalue weighted by atomic mass is 9.85. The van der Waals surface area contributed by atoms with E-state index in [0.29, 0.717) is 17.5 Å².